The second kappa shape index (κ2) is 3.83. The average Bonchev–Trinajstić information content (AvgIpc) is 2.72. The highest BCUT2D eigenvalue weighted by Gasteiger charge is 2.05. The molecule has 0 N–H and O–H groups in total. The van der Waals surface area contributed by atoms with E-state index in [1.165, 1.54) is 10.9 Å². The van der Waals surface area contributed by atoms with Gasteiger partial charge in [0.2, 0.25) is 0 Å². The molecule has 0 saturated heterocycles. The molecule has 1 heterocycles. The van der Waals surface area contributed by atoms with E-state index in [9.17, 15) is 4.79 Å². The van der Waals surface area contributed by atoms with Crippen LogP contribution in [0.4, 0.5) is 0 Å². The average molecular weight is 187 g/mol. The normalized spacial score (nSPS) is 10.0. The number of hydrogen-bond acceptors (Lipinski definition) is 3. The number of benzene rings is 1. The Morgan fingerprint density at radius 3 is 2.71 bits per heavy atom. The summed E-state index contributed by atoms with van der Waals surface area (Å²) in [5.74, 6) is -0.0753. The fourth-order valence-electron chi connectivity index (χ4n) is 1.19. The standard InChI is InChI=1S/C10H9N3O/c14-10(13-7-6-11-12-13)8-9-4-2-1-3-5-9/h1-7H,8H2. The Bertz CT molecular complexity index is 408. The molecule has 0 atom stereocenters. The van der Waals surface area contributed by atoms with Crippen molar-refractivity contribution < 1.29 is 4.79 Å². The first-order chi connectivity index (χ1) is 6.86. The first kappa shape index (κ1) is 8.62. The summed E-state index contributed by atoms with van der Waals surface area (Å²) >= 11 is 0. The van der Waals surface area contributed by atoms with Gasteiger partial charge in [0.25, 0.3) is 5.91 Å². The maximum absolute atomic E-state index is 11.5. The summed E-state index contributed by atoms with van der Waals surface area (Å²) in [7, 11) is 0. The van der Waals surface area contributed by atoms with Crippen molar-refractivity contribution in [3.05, 3.63) is 48.3 Å². The van der Waals surface area contributed by atoms with Crippen LogP contribution in [0.25, 0.3) is 0 Å². The molecule has 0 radical (unpaired) electrons. The smallest absolute Gasteiger partial charge is 0.252 e. The Morgan fingerprint density at radius 2 is 2.07 bits per heavy atom. The third-order valence-corrected chi connectivity index (χ3v) is 1.88. The molecule has 0 bridgehead atoms. The Morgan fingerprint density at radius 1 is 1.29 bits per heavy atom. The molecule has 14 heavy (non-hydrogen) atoms. The number of rotatable bonds is 2. The van der Waals surface area contributed by atoms with Crippen molar-refractivity contribution in [1.29, 1.82) is 0 Å². The summed E-state index contributed by atoms with van der Waals surface area (Å²) in [6, 6.07) is 9.56. The van der Waals surface area contributed by atoms with Crippen LogP contribution in [0.1, 0.15) is 10.4 Å². The molecule has 0 spiro atoms. The summed E-state index contributed by atoms with van der Waals surface area (Å²) in [4.78, 5) is 11.5. The fourth-order valence-corrected chi connectivity index (χ4v) is 1.19. The van der Waals surface area contributed by atoms with E-state index >= 15 is 0 Å². The van der Waals surface area contributed by atoms with Crippen LogP contribution < -0.4 is 0 Å². The Balaban J connectivity index is 2.10. The van der Waals surface area contributed by atoms with Gasteiger partial charge in [-0.05, 0) is 5.56 Å². The molecular weight excluding hydrogens is 178 g/mol. The molecule has 0 aliphatic rings. The second-order valence-electron chi connectivity index (χ2n) is 2.90. The van der Waals surface area contributed by atoms with Crippen molar-refractivity contribution >= 4 is 5.91 Å². The lowest BCUT2D eigenvalue weighted by atomic mass is 10.1. The molecule has 1 aromatic heterocycles. The van der Waals surface area contributed by atoms with Gasteiger partial charge >= 0.3 is 0 Å². The van der Waals surface area contributed by atoms with Crippen LogP contribution >= 0.6 is 0 Å². The quantitative estimate of drug-likeness (QED) is 0.708. The highest BCUT2D eigenvalue weighted by atomic mass is 16.2. The van der Waals surface area contributed by atoms with Gasteiger partial charge < -0.3 is 0 Å². The van der Waals surface area contributed by atoms with Gasteiger partial charge in [0.1, 0.15) is 0 Å². The van der Waals surface area contributed by atoms with Gasteiger partial charge in [-0.15, -0.1) is 5.10 Å². The molecule has 0 aliphatic heterocycles. The van der Waals surface area contributed by atoms with Gasteiger partial charge in [0.05, 0.1) is 18.8 Å². The van der Waals surface area contributed by atoms with Crippen LogP contribution in [0.15, 0.2) is 42.7 Å². The van der Waals surface area contributed by atoms with E-state index in [4.69, 9.17) is 0 Å². The molecule has 0 aliphatic carbocycles. The fraction of sp³-hybridized carbons (Fsp3) is 0.100. The summed E-state index contributed by atoms with van der Waals surface area (Å²) in [5.41, 5.74) is 0.980. The summed E-state index contributed by atoms with van der Waals surface area (Å²) < 4.78 is 1.24. The maximum Gasteiger partial charge on any atom is 0.252 e. The molecule has 0 fully saturated rings. The van der Waals surface area contributed by atoms with E-state index in [1.807, 2.05) is 30.3 Å². The van der Waals surface area contributed by atoms with Crippen LogP contribution in [-0.2, 0) is 6.42 Å². The molecule has 0 unspecified atom stereocenters. The number of hydrogen-bond donors (Lipinski definition) is 0. The predicted molar refractivity (Wildman–Crippen MR) is 50.8 cm³/mol. The van der Waals surface area contributed by atoms with Crippen LogP contribution in [0.5, 0.6) is 0 Å². The third kappa shape index (κ3) is 1.85. The van der Waals surface area contributed by atoms with E-state index in [0.717, 1.165) is 5.56 Å². The number of carbonyl (C=O) groups is 1. The zero-order valence-electron chi connectivity index (χ0n) is 7.50. The Labute approximate surface area is 81.2 Å². The van der Waals surface area contributed by atoms with Crippen molar-refractivity contribution in [2.45, 2.75) is 6.42 Å². The lowest BCUT2D eigenvalue weighted by Crippen LogP contribution is -2.14. The Hall–Kier alpha value is -1.97. The third-order valence-electron chi connectivity index (χ3n) is 1.88. The lowest BCUT2D eigenvalue weighted by Gasteiger charge is -1.98. The van der Waals surface area contributed by atoms with Crippen molar-refractivity contribution in [2.75, 3.05) is 0 Å². The molecule has 0 saturated carbocycles. The summed E-state index contributed by atoms with van der Waals surface area (Å²) in [5, 5.41) is 7.21. The SMILES string of the molecule is O=C(Cc1ccccc1)n1ccnn1. The first-order valence-electron chi connectivity index (χ1n) is 4.30. The summed E-state index contributed by atoms with van der Waals surface area (Å²) in [6.45, 7) is 0. The minimum atomic E-state index is -0.0753. The van der Waals surface area contributed by atoms with Gasteiger partial charge in [-0.3, -0.25) is 4.79 Å². The monoisotopic (exact) mass is 187 g/mol. The minimum Gasteiger partial charge on any atom is -0.272 e. The number of aromatic nitrogens is 3. The molecule has 4 heteroatoms. The van der Waals surface area contributed by atoms with Gasteiger partial charge in [-0.2, -0.15) is 4.68 Å². The van der Waals surface area contributed by atoms with E-state index in [2.05, 4.69) is 10.3 Å². The molecule has 0 amide bonds. The lowest BCUT2D eigenvalue weighted by molar-refractivity contribution is 0.0896. The van der Waals surface area contributed by atoms with Gasteiger partial charge in [0, 0.05) is 0 Å². The van der Waals surface area contributed by atoms with Crippen molar-refractivity contribution in [3.63, 3.8) is 0 Å². The predicted octanol–water partition coefficient (Wildman–Crippen LogP) is 1.16. The van der Waals surface area contributed by atoms with Crippen LogP contribution in [0, 0.1) is 0 Å². The molecule has 2 rings (SSSR count). The van der Waals surface area contributed by atoms with Gasteiger partial charge in [-0.25, -0.2) is 0 Å². The zero-order valence-corrected chi connectivity index (χ0v) is 7.50. The van der Waals surface area contributed by atoms with E-state index in [0.29, 0.717) is 6.42 Å². The maximum atomic E-state index is 11.5. The largest absolute Gasteiger partial charge is 0.272 e. The van der Waals surface area contributed by atoms with Gasteiger partial charge in [0.15, 0.2) is 0 Å². The number of carbonyl (C=O) groups excluding carboxylic acids is 1. The first-order valence-corrected chi connectivity index (χ1v) is 4.30. The van der Waals surface area contributed by atoms with Crippen molar-refractivity contribution in [1.82, 2.24) is 15.0 Å². The van der Waals surface area contributed by atoms with Crippen LogP contribution in [0.2, 0.25) is 0 Å². The van der Waals surface area contributed by atoms with E-state index in [1.54, 1.807) is 6.20 Å². The zero-order chi connectivity index (χ0) is 9.80. The second-order valence-corrected chi connectivity index (χ2v) is 2.90. The van der Waals surface area contributed by atoms with Crippen molar-refractivity contribution in [2.24, 2.45) is 0 Å². The van der Waals surface area contributed by atoms with Crippen molar-refractivity contribution in [3.8, 4) is 0 Å². The van der Waals surface area contributed by atoms with E-state index < -0.39 is 0 Å². The van der Waals surface area contributed by atoms with Crippen LogP contribution in [0.3, 0.4) is 0 Å². The minimum absolute atomic E-state index is 0.0753. The molecule has 1 aromatic carbocycles. The highest BCUT2D eigenvalue weighted by Crippen LogP contribution is 2.00. The highest BCUT2D eigenvalue weighted by molar-refractivity contribution is 5.80. The molecule has 4 nitrogen and oxygen atoms in total. The van der Waals surface area contributed by atoms with E-state index in [-0.39, 0.29) is 5.91 Å². The van der Waals surface area contributed by atoms with Gasteiger partial charge in [-0.1, -0.05) is 35.5 Å². The Kier molecular flexibility index (Phi) is 2.36. The summed E-state index contributed by atoms with van der Waals surface area (Å²) in [6.07, 6.45) is 3.39. The number of nitrogens with zero attached hydrogens (tertiary/aromatic N) is 3. The molecule has 70 valence electrons. The molecular formula is C10H9N3O. The molecule has 2 aromatic rings. The topological polar surface area (TPSA) is 47.8 Å². The van der Waals surface area contributed by atoms with Crippen LogP contribution in [-0.4, -0.2) is 20.9 Å².